The summed E-state index contributed by atoms with van der Waals surface area (Å²) in [7, 11) is 1.64. The fourth-order valence-corrected chi connectivity index (χ4v) is 3.38. The van der Waals surface area contributed by atoms with Crippen LogP contribution in [0.2, 0.25) is 10.3 Å². The maximum absolute atomic E-state index is 13.1. The van der Waals surface area contributed by atoms with Gasteiger partial charge in [-0.25, -0.2) is 4.98 Å². The minimum Gasteiger partial charge on any atom is -0.497 e. The Labute approximate surface area is 157 Å². The molecule has 132 valence electrons. The van der Waals surface area contributed by atoms with Crippen molar-refractivity contribution in [2.45, 2.75) is 32.4 Å². The van der Waals surface area contributed by atoms with Gasteiger partial charge in [0.1, 0.15) is 16.1 Å². The van der Waals surface area contributed by atoms with E-state index >= 15 is 0 Å². The van der Waals surface area contributed by atoms with Crippen LogP contribution in [-0.2, 0) is 6.54 Å². The third-order valence-corrected chi connectivity index (χ3v) is 4.97. The van der Waals surface area contributed by atoms with E-state index in [0.29, 0.717) is 18.0 Å². The molecule has 0 saturated heterocycles. The average Bonchev–Trinajstić information content (AvgIpc) is 3.43. The molecule has 1 aliphatic rings. The number of hydrogen-bond acceptors (Lipinski definition) is 3. The number of aromatic nitrogens is 1. The Morgan fingerprint density at radius 1 is 1.24 bits per heavy atom. The van der Waals surface area contributed by atoms with Gasteiger partial charge in [-0.05, 0) is 55.5 Å². The molecule has 1 aromatic heterocycles. The lowest BCUT2D eigenvalue weighted by atomic mass is 10.1. The highest BCUT2D eigenvalue weighted by atomic mass is 35.5. The molecule has 25 heavy (non-hydrogen) atoms. The van der Waals surface area contributed by atoms with E-state index in [2.05, 4.69) is 11.9 Å². The Bertz CT molecular complexity index is 740. The third kappa shape index (κ3) is 4.44. The maximum atomic E-state index is 13.1. The van der Waals surface area contributed by atoms with Gasteiger partial charge in [-0.3, -0.25) is 4.79 Å². The molecule has 0 radical (unpaired) electrons. The number of carbonyl (C=O) groups is 1. The molecule has 0 spiro atoms. The summed E-state index contributed by atoms with van der Waals surface area (Å²) in [5.74, 6) is 1.26. The largest absolute Gasteiger partial charge is 0.497 e. The molecule has 0 N–H and O–H groups in total. The molecule has 4 nitrogen and oxygen atoms in total. The van der Waals surface area contributed by atoms with Crippen molar-refractivity contribution in [1.82, 2.24) is 9.88 Å². The number of halogens is 2. The first-order valence-electron chi connectivity index (χ1n) is 8.25. The normalized spacial score (nSPS) is 14.9. The molecule has 6 heteroatoms. The van der Waals surface area contributed by atoms with Gasteiger partial charge in [0.15, 0.2) is 0 Å². The van der Waals surface area contributed by atoms with Crippen molar-refractivity contribution in [3.63, 3.8) is 0 Å². The summed E-state index contributed by atoms with van der Waals surface area (Å²) < 4.78 is 5.20. The topological polar surface area (TPSA) is 42.4 Å². The van der Waals surface area contributed by atoms with Crippen molar-refractivity contribution >= 4 is 29.1 Å². The lowest BCUT2D eigenvalue weighted by Crippen LogP contribution is -2.39. The van der Waals surface area contributed by atoms with Gasteiger partial charge in [0, 0.05) is 18.2 Å². The van der Waals surface area contributed by atoms with Crippen LogP contribution in [0.1, 0.15) is 35.7 Å². The number of pyridine rings is 1. The number of ether oxygens (including phenoxy) is 1. The van der Waals surface area contributed by atoms with Gasteiger partial charge >= 0.3 is 0 Å². The van der Waals surface area contributed by atoms with Crippen LogP contribution >= 0.6 is 23.2 Å². The second kappa shape index (κ2) is 7.63. The zero-order valence-electron chi connectivity index (χ0n) is 14.2. The lowest BCUT2D eigenvalue weighted by Gasteiger charge is -2.30. The molecule has 1 unspecified atom stereocenters. The Kier molecular flexibility index (Phi) is 5.50. The summed E-state index contributed by atoms with van der Waals surface area (Å²) in [6, 6.07) is 11.0. The van der Waals surface area contributed by atoms with E-state index in [4.69, 9.17) is 27.9 Å². The number of carbonyl (C=O) groups excluding carboxylic acids is 1. The highest BCUT2D eigenvalue weighted by Gasteiger charge is 2.34. The summed E-state index contributed by atoms with van der Waals surface area (Å²) in [6.45, 7) is 2.63. The average molecular weight is 379 g/mol. The Balaban J connectivity index is 1.86. The van der Waals surface area contributed by atoms with Gasteiger partial charge in [-0.15, -0.1) is 0 Å². The standard InChI is InChI=1S/C19H20Cl2N2O2/c1-12(14-5-6-14)23(11-13-3-7-16(25-2)8-4-13)19(24)15-9-17(20)22-18(21)10-15/h3-4,7-10,12,14H,5-6,11H2,1-2H3. The zero-order valence-corrected chi connectivity index (χ0v) is 15.7. The smallest absolute Gasteiger partial charge is 0.254 e. The van der Waals surface area contributed by atoms with E-state index in [1.807, 2.05) is 29.2 Å². The van der Waals surface area contributed by atoms with Crippen molar-refractivity contribution in [2.75, 3.05) is 7.11 Å². The van der Waals surface area contributed by atoms with E-state index in [-0.39, 0.29) is 22.3 Å². The van der Waals surface area contributed by atoms with E-state index < -0.39 is 0 Å². The maximum Gasteiger partial charge on any atom is 0.254 e. The Morgan fingerprint density at radius 3 is 2.36 bits per heavy atom. The summed E-state index contributed by atoms with van der Waals surface area (Å²) in [5, 5.41) is 0.443. The predicted molar refractivity (Wildman–Crippen MR) is 99.3 cm³/mol. The molecule has 1 aromatic carbocycles. The molecule has 1 atom stereocenters. The van der Waals surface area contributed by atoms with Crippen LogP contribution < -0.4 is 4.74 Å². The van der Waals surface area contributed by atoms with Gasteiger partial charge in [0.2, 0.25) is 0 Å². The third-order valence-electron chi connectivity index (χ3n) is 4.58. The van der Waals surface area contributed by atoms with Gasteiger partial charge in [-0.2, -0.15) is 0 Å². The van der Waals surface area contributed by atoms with Gasteiger partial charge in [0.05, 0.1) is 7.11 Å². The molecular formula is C19H20Cl2N2O2. The van der Waals surface area contributed by atoms with E-state index in [1.54, 1.807) is 19.2 Å². The van der Waals surface area contributed by atoms with Crippen LogP contribution in [0.25, 0.3) is 0 Å². The molecule has 1 heterocycles. The molecule has 1 fully saturated rings. The Morgan fingerprint density at radius 2 is 1.84 bits per heavy atom. The summed E-state index contributed by atoms with van der Waals surface area (Å²) in [6.07, 6.45) is 2.32. The van der Waals surface area contributed by atoms with Crippen LogP contribution in [0.5, 0.6) is 5.75 Å². The monoisotopic (exact) mass is 378 g/mol. The number of amides is 1. The fourth-order valence-electron chi connectivity index (χ4n) is 2.92. The molecule has 3 rings (SSSR count). The SMILES string of the molecule is COc1ccc(CN(C(=O)c2cc(Cl)nc(Cl)c2)C(C)C2CC2)cc1. The molecule has 0 aliphatic heterocycles. The van der Waals surface area contributed by atoms with Gasteiger partial charge in [-0.1, -0.05) is 35.3 Å². The van der Waals surface area contributed by atoms with Crippen molar-refractivity contribution in [3.05, 3.63) is 57.8 Å². The summed E-state index contributed by atoms with van der Waals surface area (Å²) in [4.78, 5) is 18.9. The first-order valence-corrected chi connectivity index (χ1v) is 9.00. The first kappa shape index (κ1) is 18.0. The Hall–Kier alpha value is -1.78. The molecule has 2 aromatic rings. The van der Waals surface area contributed by atoms with Crippen molar-refractivity contribution < 1.29 is 9.53 Å². The van der Waals surface area contributed by atoms with E-state index in [0.717, 1.165) is 24.2 Å². The van der Waals surface area contributed by atoms with Crippen LogP contribution in [0, 0.1) is 5.92 Å². The van der Waals surface area contributed by atoms with E-state index in [9.17, 15) is 4.79 Å². The zero-order chi connectivity index (χ0) is 18.0. The fraction of sp³-hybridized carbons (Fsp3) is 0.368. The summed E-state index contributed by atoms with van der Waals surface area (Å²) >= 11 is 11.9. The predicted octanol–water partition coefficient (Wildman–Crippen LogP) is 4.84. The second-order valence-corrected chi connectivity index (χ2v) is 7.13. The number of rotatable bonds is 6. The van der Waals surface area contributed by atoms with Crippen LogP contribution in [0.4, 0.5) is 0 Å². The van der Waals surface area contributed by atoms with Crippen LogP contribution in [0.15, 0.2) is 36.4 Å². The first-order chi connectivity index (χ1) is 12.0. The van der Waals surface area contributed by atoms with Crippen molar-refractivity contribution in [1.29, 1.82) is 0 Å². The molecule has 1 saturated carbocycles. The van der Waals surface area contributed by atoms with Gasteiger partial charge in [0.25, 0.3) is 5.91 Å². The van der Waals surface area contributed by atoms with Gasteiger partial charge < -0.3 is 9.64 Å². The van der Waals surface area contributed by atoms with Crippen molar-refractivity contribution in [3.8, 4) is 5.75 Å². The molecule has 1 amide bonds. The quantitative estimate of drug-likeness (QED) is 0.675. The molecule has 0 bridgehead atoms. The van der Waals surface area contributed by atoms with Crippen LogP contribution in [0.3, 0.4) is 0 Å². The minimum absolute atomic E-state index is 0.0820. The van der Waals surface area contributed by atoms with E-state index in [1.165, 1.54) is 0 Å². The summed E-state index contributed by atoms with van der Waals surface area (Å²) in [5.41, 5.74) is 1.51. The molecular weight excluding hydrogens is 359 g/mol. The van der Waals surface area contributed by atoms with Crippen molar-refractivity contribution in [2.24, 2.45) is 5.92 Å². The number of methoxy groups -OCH3 is 1. The van der Waals surface area contributed by atoms with Crippen LogP contribution in [-0.4, -0.2) is 28.9 Å². The number of hydrogen-bond donors (Lipinski definition) is 0. The minimum atomic E-state index is -0.0820. The lowest BCUT2D eigenvalue weighted by molar-refractivity contribution is 0.0654. The highest BCUT2D eigenvalue weighted by Crippen LogP contribution is 2.36. The highest BCUT2D eigenvalue weighted by molar-refractivity contribution is 6.33. The molecule has 1 aliphatic carbocycles. The second-order valence-electron chi connectivity index (χ2n) is 6.36. The number of benzene rings is 1. The number of nitrogens with zero attached hydrogens (tertiary/aromatic N) is 2.